The molecule has 0 aromatic carbocycles. The molecule has 3 unspecified atom stereocenters. The van der Waals surface area contributed by atoms with Crippen LogP contribution in [0.25, 0.3) is 0 Å². The van der Waals surface area contributed by atoms with E-state index >= 15 is 0 Å². The van der Waals surface area contributed by atoms with Crippen molar-refractivity contribution in [1.29, 1.82) is 0 Å². The number of hydrogen-bond donors (Lipinski definition) is 3. The lowest BCUT2D eigenvalue weighted by molar-refractivity contribution is -0.152. The second-order valence-electron chi connectivity index (χ2n) is 5.69. The van der Waals surface area contributed by atoms with Gasteiger partial charge in [0.05, 0.1) is 12.6 Å². The third kappa shape index (κ3) is 2.74. The fourth-order valence-corrected chi connectivity index (χ4v) is 3.03. The molecular formula is C13H21NO5. The Labute approximate surface area is 112 Å². The molecule has 1 amide bonds. The number of carboxylic acid groups (broad SMARTS) is 1. The van der Waals surface area contributed by atoms with Gasteiger partial charge in [0.1, 0.15) is 0 Å². The van der Waals surface area contributed by atoms with Crippen LogP contribution in [0.1, 0.15) is 32.6 Å². The maximum atomic E-state index is 12.3. The molecule has 0 bridgehead atoms. The average Bonchev–Trinajstić information content (AvgIpc) is 2.35. The van der Waals surface area contributed by atoms with Crippen LogP contribution in [-0.2, 0) is 14.3 Å². The summed E-state index contributed by atoms with van der Waals surface area (Å²) >= 11 is 0. The summed E-state index contributed by atoms with van der Waals surface area (Å²) < 4.78 is 5.47. The normalized spacial score (nSPS) is 28.2. The molecule has 1 saturated heterocycles. The molecule has 6 heteroatoms. The van der Waals surface area contributed by atoms with Gasteiger partial charge in [-0.2, -0.15) is 0 Å². The van der Waals surface area contributed by atoms with Crippen LogP contribution in [0.4, 0.5) is 0 Å². The van der Waals surface area contributed by atoms with E-state index in [2.05, 4.69) is 5.32 Å². The number of rotatable bonds is 4. The van der Waals surface area contributed by atoms with Crippen molar-refractivity contribution in [3.8, 4) is 0 Å². The van der Waals surface area contributed by atoms with Crippen LogP contribution in [0.15, 0.2) is 0 Å². The molecule has 0 radical (unpaired) electrons. The Hall–Kier alpha value is -1.14. The highest BCUT2D eigenvalue weighted by Gasteiger charge is 2.49. The Morgan fingerprint density at radius 2 is 2.11 bits per heavy atom. The SMILES string of the molecule is CC(NC(=O)C1CCOCC12CCC2)C(O)C(=O)O. The van der Waals surface area contributed by atoms with Crippen LogP contribution in [-0.4, -0.2) is 47.4 Å². The maximum absolute atomic E-state index is 12.3. The predicted molar refractivity (Wildman–Crippen MR) is 66.5 cm³/mol. The fraction of sp³-hybridized carbons (Fsp3) is 0.846. The molecule has 19 heavy (non-hydrogen) atoms. The monoisotopic (exact) mass is 271 g/mol. The standard InChI is InChI=1S/C13H21NO5/c1-8(10(15)12(17)18)14-11(16)9-3-6-19-7-13(9)4-2-5-13/h8-10,15H,2-7H2,1H3,(H,14,16)(H,17,18). The van der Waals surface area contributed by atoms with Gasteiger partial charge in [0.2, 0.25) is 5.91 Å². The van der Waals surface area contributed by atoms with Crippen molar-refractivity contribution in [1.82, 2.24) is 5.32 Å². The highest BCUT2D eigenvalue weighted by Crippen LogP contribution is 2.50. The van der Waals surface area contributed by atoms with Crippen molar-refractivity contribution in [2.45, 2.75) is 44.8 Å². The Bertz CT molecular complexity index is 366. The van der Waals surface area contributed by atoms with Crippen molar-refractivity contribution >= 4 is 11.9 Å². The molecule has 0 aromatic heterocycles. The van der Waals surface area contributed by atoms with Gasteiger partial charge in [-0.25, -0.2) is 4.79 Å². The predicted octanol–water partition coefficient (Wildman–Crippen LogP) is 0.143. The van der Waals surface area contributed by atoms with Gasteiger partial charge in [-0.05, 0) is 26.2 Å². The Balaban J connectivity index is 1.96. The fourth-order valence-electron chi connectivity index (χ4n) is 3.03. The molecular weight excluding hydrogens is 250 g/mol. The van der Waals surface area contributed by atoms with Crippen LogP contribution in [0.5, 0.6) is 0 Å². The zero-order valence-corrected chi connectivity index (χ0v) is 11.1. The van der Waals surface area contributed by atoms with Crippen molar-refractivity contribution in [2.24, 2.45) is 11.3 Å². The van der Waals surface area contributed by atoms with Crippen molar-refractivity contribution < 1.29 is 24.5 Å². The number of carboxylic acids is 1. The second kappa shape index (κ2) is 5.46. The first kappa shape index (κ1) is 14.3. The third-order valence-electron chi connectivity index (χ3n) is 4.44. The van der Waals surface area contributed by atoms with E-state index in [4.69, 9.17) is 9.84 Å². The molecule has 2 aliphatic rings. The van der Waals surface area contributed by atoms with E-state index in [1.165, 1.54) is 6.92 Å². The molecule has 3 N–H and O–H groups in total. The lowest BCUT2D eigenvalue weighted by atomic mass is 9.59. The van der Waals surface area contributed by atoms with Crippen LogP contribution in [0.3, 0.4) is 0 Å². The minimum atomic E-state index is -1.57. The van der Waals surface area contributed by atoms with E-state index in [1.54, 1.807) is 0 Å². The summed E-state index contributed by atoms with van der Waals surface area (Å²) in [4.78, 5) is 22.9. The Morgan fingerprint density at radius 1 is 1.42 bits per heavy atom. The van der Waals surface area contributed by atoms with Gasteiger partial charge < -0.3 is 20.3 Å². The number of ether oxygens (including phenoxy) is 1. The van der Waals surface area contributed by atoms with Crippen LogP contribution in [0.2, 0.25) is 0 Å². The van der Waals surface area contributed by atoms with E-state index < -0.39 is 18.1 Å². The molecule has 1 saturated carbocycles. The van der Waals surface area contributed by atoms with Crippen molar-refractivity contribution in [3.05, 3.63) is 0 Å². The molecule has 1 aliphatic carbocycles. The molecule has 1 aliphatic heterocycles. The topological polar surface area (TPSA) is 95.9 Å². The number of aliphatic hydroxyl groups is 1. The van der Waals surface area contributed by atoms with Crippen molar-refractivity contribution in [2.75, 3.05) is 13.2 Å². The minimum Gasteiger partial charge on any atom is -0.479 e. The van der Waals surface area contributed by atoms with Gasteiger partial charge in [0, 0.05) is 17.9 Å². The van der Waals surface area contributed by atoms with E-state index in [9.17, 15) is 14.7 Å². The van der Waals surface area contributed by atoms with E-state index in [0.717, 1.165) is 19.3 Å². The second-order valence-corrected chi connectivity index (χ2v) is 5.69. The lowest BCUT2D eigenvalue weighted by Crippen LogP contribution is -2.55. The minimum absolute atomic E-state index is 0.0593. The molecule has 3 atom stereocenters. The zero-order chi connectivity index (χ0) is 14.0. The van der Waals surface area contributed by atoms with Gasteiger partial charge in [0.15, 0.2) is 6.10 Å². The Kier molecular flexibility index (Phi) is 4.10. The summed E-state index contributed by atoms with van der Waals surface area (Å²) in [5, 5.41) is 20.7. The molecule has 6 nitrogen and oxygen atoms in total. The summed E-state index contributed by atoms with van der Waals surface area (Å²) in [6.45, 7) is 2.68. The maximum Gasteiger partial charge on any atom is 0.334 e. The van der Waals surface area contributed by atoms with E-state index in [0.29, 0.717) is 19.6 Å². The van der Waals surface area contributed by atoms with Crippen LogP contribution < -0.4 is 5.32 Å². The van der Waals surface area contributed by atoms with Gasteiger partial charge in [-0.15, -0.1) is 0 Å². The number of aliphatic hydroxyl groups excluding tert-OH is 1. The number of amides is 1. The Morgan fingerprint density at radius 3 is 2.63 bits per heavy atom. The lowest BCUT2D eigenvalue weighted by Gasteiger charge is -2.49. The van der Waals surface area contributed by atoms with Gasteiger partial charge >= 0.3 is 5.97 Å². The number of aliphatic carboxylic acids is 1. The van der Waals surface area contributed by atoms with Crippen molar-refractivity contribution in [3.63, 3.8) is 0 Å². The number of hydrogen-bond acceptors (Lipinski definition) is 4. The van der Waals surface area contributed by atoms with Gasteiger partial charge in [-0.1, -0.05) is 6.42 Å². The summed E-state index contributed by atoms with van der Waals surface area (Å²) in [6.07, 6.45) is 2.19. The highest BCUT2D eigenvalue weighted by atomic mass is 16.5. The highest BCUT2D eigenvalue weighted by molar-refractivity contribution is 5.81. The third-order valence-corrected chi connectivity index (χ3v) is 4.44. The van der Waals surface area contributed by atoms with Gasteiger partial charge in [0.25, 0.3) is 0 Å². The zero-order valence-electron chi connectivity index (χ0n) is 11.1. The number of carbonyl (C=O) groups is 2. The summed E-state index contributed by atoms with van der Waals surface area (Å²) in [7, 11) is 0. The molecule has 0 aromatic rings. The van der Waals surface area contributed by atoms with Crippen LogP contribution >= 0.6 is 0 Å². The van der Waals surface area contributed by atoms with E-state index in [-0.39, 0.29) is 17.2 Å². The first-order chi connectivity index (χ1) is 8.96. The largest absolute Gasteiger partial charge is 0.479 e. The van der Waals surface area contributed by atoms with Crippen LogP contribution in [0, 0.1) is 11.3 Å². The first-order valence-corrected chi connectivity index (χ1v) is 6.75. The molecule has 2 fully saturated rings. The van der Waals surface area contributed by atoms with Gasteiger partial charge in [-0.3, -0.25) is 4.79 Å². The summed E-state index contributed by atoms with van der Waals surface area (Å²) in [6, 6.07) is -0.787. The molecule has 1 spiro atoms. The smallest absolute Gasteiger partial charge is 0.334 e. The van der Waals surface area contributed by atoms with E-state index in [1.807, 2.05) is 0 Å². The summed E-state index contributed by atoms with van der Waals surface area (Å²) in [5.41, 5.74) is -0.0593. The number of nitrogens with one attached hydrogen (secondary N) is 1. The first-order valence-electron chi connectivity index (χ1n) is 6.75. The molecule has 1 heterocycles. The average molecular weight is 271 g/mol. The molecule has 2 rings (SSSR count). The molecule has 108 valence electrons. The quantitative estimate of drug-likeness (QED) is 0.676. The summed E-state index contributed by atoms with van der Waals surface area (Å²) in [5.74, 6) is -1.60. The number of carbonyl (C=O) groups excluding carboxylic acids is 1.